The van der Waals surface area contributed by atoms with Gasteiger partial charge in [0.2, 0.25) is 5.91 Å². The molecule has 1 amide bonds. The van der Waals surface area contributed by atoms with Gasteiger partial charge in [0.1, 0.15) is 5.75 Å². The van der Waals surface area contributed by atoms with Crippen LogP contribution in [-0.4, -0.2) is 32.5 Å². The number of rotatable bonds is 5. The minimum absolute atomic E-state index is 0.0826. The number of hydrogen-bond acceptors (Lipinski definition) is 6. The van der Waals surface area contributed by atoms with Crippen LogP contribution in [0, 0.1) is 0 Å². The molecule has 0 bridgehead atoms. The molecule has 0 radical (unpaired) electrons. The number of nitrogens with one attached hydrogen (secondary N) is 1. The fraction of sp³-hybridized carbons (Fsp3) is 0.143. The number of phenolic OH excluding ortho intramolecular Hbond substituents is 1. The van der Waals surface area contributed by atoms with Crippen LogP contribution in [0.25, 0.3) is 0 Å². The van der Waals surface area contributed by atoms with Gasteiger partial charge in [-0.3, -0.25) is 9.59 Å². The van der Waals surface area contributed by atoms with Gasteiger partial charge in [0, 0.05) is 24.9 Å². The van der Waals surface area contributed by atoms with Crippen LogP contribution in [0.3, 0.4) is 0 Å². The van der Waals surface area contributed by atoms with E-state index in [0.29, 0.717) is 10.7 Å². The van der Waals surface area contributed by atoms with Gasteiger partial charge >= 0.3 is 0 Å². The SMILES string of the molecule is CC(=O)Nc1cc(C(=O)CSc2ncccn2)ccc1O. The van der Waals surface area contributed by atoms with Gasteiger partial charge in [0.05, 0.1) is 11.4 Å². The van der Waals surface area contributed by atoms with Crippen molar-refractivity contribution >= 4 is 29.1 Å². The van der Waals surface area contributed by atoms with Crippen molar-refractivity contribution in [2.75, 3.05) is 11.1 Å². The smallest absolute Gasteiger partial charge is 0.221 e. The van der Waals surface area contributed by atoms with E-state index in [0.717, 1.165) is 0 Å². The summed E-state index contributed by atoms with van der Waals surface area (Å²) in [5.41, 5.74) is 0.620. The average Bonchev–Trinajstić information content (AvgIpc) is 2.47. The Morgan fingerprint density at radius 1 is 1.29 bits per heavy atom. The van der Waals surface area contributed by atoms with E-state index in [4.69, 9.17) is 0 Å². The van der Waals surface area contributed by atoms with Crippen LogP contribution in [-0.2, 0) is 4.79 Å². The number of anilines is 1. The molecule has 0 fully saturated rings. The van der Waals surface area contributed by atoms with E-state index in [-0.39, 0.29) is 28.9 Å². The summed E-state index contributed by atoms with van der Waals surface area (Å²) in [6.45, 7) is 1.33. The molecule has 6 nitrogen and oxygen atoms in total. The van der Waals surface area contributed by atoms with Crippen molar-refractivity contribution in [2.45, 2.75) is 12.1 Å². The maximum atomic E-state index is 12.1. The molecule has 2 N–H and O–H groups in total. The van der Waals surface area contributed by atoms with Crippen LogP contribution in [0.15, 0.2) is 41.8 Å². The highest BCUT2D eigenvalue weighted by atomic mass is 32.2. The number of Topliss-reactive ketones (excluding diaryl/α,β-unsaturated/α-hetero) is 1. The van der Waals surface area contributed by atoms with Gasteiger partial charge < -0.3 is 10.4 Å². The molecular weight excluding hydrogens is 290 g/mol. The number of thioether (sulfide) groups is 1. The predicted molar refractivity (Wildman–Crippen MR) is 79.5 cm³/mol. The second-order valence-corrected chi connectivity index (χ2v) is 5.10. The van der Waals surface area contributed by atoms with Gasteiger partial charge in [-0.05, 0) is 24.3 Å². The van der Waals surface area contributed by atoms with Crippen LogP contribution in [0.2, 0.25) is 0 Å². The summed E-state index contributed by atoms with van der Waals surface area (Å²) in [5.74, 6) is -0.365. The van der Waals surface area contributed by atoms with Gasteiger partial charge in [0.25, 0.3) is 0 Å². The Balaban J connectivity index is 2.07. The van der Waals surface area contributed by atoms with E-state index >= 15 is 0 Å². The molecule has 2 aromatic rings. The second kappa shape index (κ2) is 6.85. The number of amides is 1. The number of hydrogen-bond donors (Lipinski definition) is 2. The van der Waals surface area contributed by atoms with Crippen molar-refractivity contribution in [1.29, 1.82) is 0 Å². The molecule has 1 aromatic heterocycles. The van der Waals surface area contributed by atoms with E-state index in [2.05, 4.69) is 15.3 Å². The zero-order chi connectivity index (χ0) is 15.2. The summed E-state index contributed by atoms with van der Waals surface area (Å²) in [6, 6.07) is 6.04. The highest BCUT2D eigenvalue weighted by Gasteiger charge is 2.11. The molecule has 7 heteroatoms. The van der Waals surface area contributed by atoms with Crippen LogP contribution < -0.4 is 5.32 Å². The van der Waals surface area contributed by atoms with Gasteiger partial charge in [-0.1, -0.05) is 11.8 Å². The molecule has 0 aliphatic heterocycles. The van der Waals surface area contributed by atoms with E-state index in [9.17, 15) is 14.7 Å². The molecule has 21 heavy (non-hydrogen) atoms. The zero-order valence-corrected chi connectivity index (χ0v) is 12.1. The van der Waals surface area contributed by atoms with Crippen molar-refractivity contribution in [3.05, 3.63) is 42.2 Å². The van der Waals surface area contributed by atoms with Crippen molar-refractivity contribution in [3.63, 3.8) is 0 Å². The Morgan fingerprint density at radius 2 is 2.00 bits per heavy atom. The third-order valence-electron chi connectivity index (χ3n) is 2.50. The van der Waals surface area contributed by atoms with Crippen LogP contribution in [0.5, 0.6) is 5.75 Å². The molecule has 0 spiro atoms. The third-order valence-corrected chi connectivity index (χ3v) is 3.38. The first-order valence-electron chi connectivity index (χ1n) is 6.10. The normalized spacial score (nSPS) is 10.1. The van der Waals surface area contributed by atoms with Crippen LogP contribution in [0.1, 0.15) is 17.3 Å². The van der Waals surface area contributed by atoms with E-state index < -0.39 is 0 Å². The summed E-state index contributed by atoms with van der Waals surface area (Å²) in [4.78, 5) is 31.2. The summed E-state index contributed by atoms with van der Waals surface area (Å²) < 4.78 is 0. The third kappa shape index (κ3) is 4.28. The standard InChI is InChI=1S/C14H13N3O3S/c1-9(18)17-11-7-10(3-4-12(11)19)13(20)8-21-14-15-5-2-6-16-14/h2-7,19H,8H2,1H3,(H,17,18). The first-order chi connectivity index (χ1) is 10.1. The molecule has 0 saturated carbocycles. The van der Waals surface area contributed by atoms with Crippen molar-refractivity contribution in [3.8, 4) is 5.75 Å². The number of carbonyl (C=O) groups is 2. The number of ketones is 1. The zero-order valence-electron chi connectivity index (χ0n) is 11.2. The Bertz CT molecular complexity index is 662. The summed E-state index contributed by atoms with van der Waals surface area (Å²) >= 11 is 1.23. The highest BCUT2D eigenvalue weighted by Crippen LogP contribution is 2.25. The van der Waals surface area contributed by atoms with E-state index in [1.807, 2.05) is 0 Å². The topological polar surface area (TPSA) is 92.2 Å². The molecule has 1 aromatic carbocycles. The minimum Gasteiger partial charge on any atom is -0.506 e. The van der Waals surface area contributed by atoms with Gasteiger partial charge in [-0.2, -0.15) is 0 Å². The fourth-order valence-corrected chi connectivity index (χ4v) is 2.27. The lowest BCUT2D eigenvalue weighted by Crippen LogP contribution is -2.08. The summed E-state index contributed by atoms with van der Waals surface area (Å²) in [5, 5.41) is 12.6. The van der Waals surface area contributed by atoms with Crippen molar-refractivity contribution in [2.24, 2.45) is 0 Å². The molecule has 0 unspecified atom stereocenters. The predicted octanol–water partition coefficient (Wildman–Crippen LogP) is 2.12. The summed E-state index contributed by atoms with van der Waals surface area (Å²) in [6.07, 6.45) is 3.21. The molecule has 1 heterocycles. The Kier molecular flexibility index (Phi) is 4.89. The number of aromatic hydroxyl groups is 1. The van der Waals surface area contributed by atoms with Crippen LogP contribution >= 0.6 is 11.8 Å². The molecular formula is C14H13N3O3S. The molecule has 0 aliphatic rings. The first-order valence-corrected chi connectivity index (χ1v) is 7.08. The van der Waals surface area contributed by atoms with Crippen molar-refractivity contribution < 1.29 is 14.7 Å². The lowest BCUT2D eigenvalue weighted by molar-refractivity contribution is -0.114. The number of aromatic nitrogens is 2. The molecule has 2 rings (SSSR count). The Labute approximate surface area is 125 Å². The number of carbonyl (C=O) groups excluding carboxylic acids is 2. The van der Waals surface area contributed by atoms with Crippen LogP contribution in [0.4, 0.5) is 5.69 Å². The highest BCUT2D eigenvalue weighted by molar-refractivity contribution is 7.99. The first kappa shape index (κ1) is 15.0. The number of nitrogens with zero attached hydrogens (tertiary/aromatic N) is 2. The summed E-state index contributed by atoms with van der Waals surface area (Å²) in [7, 11) is 0. The lowest BCUT2D eigenvalue weighted by atomic mass is 10.1. The number of phenols is 1. The quantitative estimate of drug-likeness (QED) is 0.380. The molecule has 0 aliphatic carbocycles. The fourth-order valence-electron chi connectivity index (χ4n) is 1.57. The second-order valence-electron chi connectivity index (χ2n) is 4.16. The van der Waals surface area contributed by atoms with Gasteiger partial charge in [0.15, 0.2) is 10.9 Å². The minimum atomic E-state index is -0.318. The number of benzene rings is 1. The largest absolute Gasteiger partial charge is 0.506 e. The monoisotopic (exact) mass is 303 g/mol. The Hall–Kier alpha value is -2.41. The van der Waals surface area contributed by atoms with Gasteiger partial charge in [-0.15, -0.1) is 0 Å². The maximum Gasteiger partial charge on any atom is 0.221 e. The van der Waals surface area contributed by atoms with E-state index in [1.54, 1.807) is 18.5 Å². The molecule has 108 valence electrons. The molecule has 0 saturated heterocycles. The maximum absolute atomic E-state index is 12.1. The Morgan fingerprint density at radius 3 is 2.67 bits per heavy atom. The van der Waals surface area contributed by atoms with E-state index in [1.165, 1.54) is 36.9 Å². The molecule has 0 atom stereocenters. The van der Waals surface area contributed by atoms with Crippen molar-refractivity contribution in [1.82, 2.24) is 9.97 Å². The van der Waals surface area contributed by atoms with Gasteiger partial charge in [-0.25, -0.2) is 9.97 Å². The average molecular weight is 303 g/mol. The lowest BCUT2D eigenvalue weighted by Gasteiger charge is -2.07.